The lowest BCUT2D eigenvalue weighted by Crippen LogP contribution is -2.26. The van der Waals surface area contributed by atoms with Crippen LogP contribution in [0, 0.1) is 5.41 Å². The van der Waals surface area contributed by atoms with Crippen molar-refractivity contribution in [3.63, 3.8) is 0 Å². The van der Waals surface area contributed by atoms with Crippen LogP contribution in [-0.4, -0.2) is 20.8 Å². The van der Waals surface area contributed by atoms with Crippen LogP contribution >= 0.6 is 0 Å². The van der Waals surface area contributed by atoms with Gasteiger partial charge in [-0.2, -0.15) is 0 Å². The van der Waals surface area contributed by atoms with Gasteiger partial charge in [-0.3, -0.25) is 0 Å². The average molecular weight is 263 g/mol. The van der Waals surface area contributed by atoms with Gasteiger partial charge in [0.1, 0.15) is 0 Å². The molecule has 0 aromatic heterocycles. The number of nitrogens with one attached hydrogen (secondary N) is 1. The largest absolute Gasteiger partial charge is 0.493 e. The van der Waals surface area contributed by atoms with E-state index in [4.69, 9.17) is 9.47 Å². The summed E-state index contributed by atoms with van der Waals surface area (Å²) in [7, 11) is 3.35. The van der Waals surface area contributed by atoms with Gasteiger partial charge in [-0.1, -0.05) is 19.9 Å². The summed E-state index contributed by atoms with van der Waals surface area (Å²) in [5, 5.41) is 3.68. The highest BCUT2D eigenvalue weighted by Gasteiger charge is 2.37. The predicted molar refractivity (Wildman–Crippen MR) is 77.9 cm³/mol. The molecule has 1 unspecified atom stereocenters. The highest BCUT2D eigenvalue weighted by molar-refractivity contribution is 5.43. The van der Waals surface area contributed by atoms with Gasteiger partial charge in [0.15, 0.2) is 11.5 Å². The SMILES string of the molecule is CCC(NCC1(C)CC1)c1ccc(OC)c(OC)c1. The average Bonchev–Trinajstić information content (AvgIpc) is 3.17. The molecule has 1 saturated carbocycles. The van der Waals surface area contributed by atoms with Crippen LogP contribution in [0.25, 0.3) is 0 Å². The van der Waals surface area contributed by atoms with E-state index in [1.807, 2.05) is 6.07 Å². The number of ether oxygens (including phenoxy) is 2. The molecule has 1 aromatic carbocycles. The van der Waals surface area contributed by atoms with E-state index in [1.54, 1.807) is 14.2 Å². The van der Waals surface area contributed by atoms with Crippen LogP contribution in [-0.2, 0) is 0 Å². The van der Waals surface area contributed by atoms with Gasteiger partial charge < -0.3 is 14.8 Å². The molecule has 1 aliphatic carbocycles. The Bertz CT molecular complexity index is 427. The van der Waals surface area contributed by atoms with Gasteiger partial charge in [-0.15, -0.1) is 0 Å². The second-order valence-electron chi connectivity index (χ2n) is 5.77. The number of rotatable bonds is 7. The van der Waals surface area contributed by atoms with Crippen LogP contribution in [0.15, 0.2) is 18.2 Å². The first-order valence-electron chi connectivity index (χ1n) is 7.07. The normalized spacial score (nSPS) is 17.9. The van der Waals surface area contributed by atoms with Gasteiger partial charge in [0, 0.05) is 12.6 Å². The lowest BCUT2D eigenvalue weighted by atomic mass is 10.0. The minimum atomic E-state index is 0.386. The van der Waals surface area contributed by atoms with Gasteiger partial charge >= 0.3 is 0 Å². The fraction of sp³-hybridized carbons (Fsp3) is 0.625. The summed E-state index contributed by atoms with van der Waals surface area (Å²) in [5.41, 5.74) is 1.80. The molecule has 0 bridgehead atoms. The van der Waals surface area contributed by atoms with Crippen LogP contribution < -0.4 is 14.8 Å². The fourth-order valence-electron chi connectivity index (χ4n) is 2.33. The number of hydrogen-bond acceptors (Lipinski definition) is 3. The van der Waals surface area contributed by atoms with Crippen LogP contribution in [0.2, 0.25) is 0 Å². The summed E-state index contributed by atoms with van der Waals surface area (Å²) in [6.07, 6.45) is 3.77. The van der Waals surface area contributed by atoms with Gasteiger partial charge in [0.25, 0.3) is 0 Å². The molecule has 1 fully saturated rings. The van der Waals surface area contributed by atoms with Crippen LogP contribution in [0.3, 0.4) is 0 Å². The molecule has 2 rings (SSSR count). The molecule has 0 amide bonds. The first kappa shape index (κ1) is 14.2. The third kappa shape index (κ3) is 3.41. The van der Waals surface area contributed by atoms with Crippen LogP contribution in [0.1, 0.15) is 44.7 Å². The van der Waals surface area contributed by atoms with E-state index in [-0.39, 0.29) is 0 Å². The summed E-state index contributed by atoms with van der Waals surface area (Å²) in [5.74, 6) is 1.59. The molecule has 0 spiro atoms. The monoisotopic (exact) mass is 263 g/mol. The number of benzene rings is 1. The zero-order chi connectivity index (χ0) is 13.9. The van der Waals surface area contributed by atoms with Crippen molar-refractivity contribution in [3.8, 4) is 11.5 Å². The second-order valence-corrected chi connectivity index (χ2v) is 5.77. The molecule has 1 N–H and O–H groups in total. The van der Waals surface area contributed by atoms with Gasteiger partial charge in [-0.05, 0) is 42.4 Å². The third-order valence-electron chi connectivity index (χ3n) is 4.10. The molecule has 3 nitrogen and oxygen atoms in total. The molecular weight excluding hydrogens is 238 g/mol. The molecule has 1 atom stereocenters. The fourth-order valence-corrected chi connectivity index (χ4v) is 2.33. The number of hydrogen-bond donors (Lipinski definition) is 1. The molecular formula is C16H25NO2. The van der Waals surface area contributed by atoms with Gasteiger partial charge in [0.05, 0.1) is 14.2 Å². The highest BCUT2D eigenvalue weighted by Crippen LogP contribution is 2.44. The minimum Gasteiger partial charge on any atom is -0.493 e. The van der Waals surface area contributed by atoms with Crippen LogP contribution in [0.5, 0.6) is 11.5 Å². The van der Waals surface area contributed by atoms with E-state index in [9.17, 15) is 0 Å². The molecule has 1 aromatic rings. The maximum atomic E-state index is 5.38. The van der Waals surface area contributed by atoms with E-state index in [0.717, 1.165) is 24.5 Å². The molecule has 0 aliphatic heterocycles. The first-order valence-corrected chi connectivity index (χ1v) is 7.07. The quantitative estimate of drug-likeness (QED) is 0.816. The van der Waals surface area contributed by atoms with E-state index in [1.165, 1.54) is 18.4 Å². The molecule has 106 valence electrons. The standard InChI is InChI=1S/C16H25NO2/c1-5-13(17-11-16(2)8-9-16)12-6-7-14(18-3)15(10-12)19-4/h6-7,10,13,17H,5,8-9,11H2,1-4H3. The van der Waals surface area contributed by atoms with Crippen molar-refractivity contribution in [2.45, 2.75) is 39.2 Å². The Morgan fingerprint density at radius 3 is 2.42 bits per heavy atom. The minimum absolute atomic E-state index is 0.386. The van der Waals surface area contributed by atoms with Crippen molar-refractivity contribution >= 4 is 0 Å². The second kappa shape index (κ2) is 5.83. The third-order valence-corrected chi connectivity index (χ3v) is 4.10. The van der Waals surface area contributed by atoms with Gasteiger partial charge in [-0.25, -0.2) is 0 Å². The van der Waals surface area contributed by atoms with E-state index < -0.39 is 0 Å². The molecule has 3 heteroatoms. The van der Waals surface area contributed by atoms with Gasteiger partial charge in [0.2, 0.25) is 0 Å². The Balaban J connectivity index is 2.08. The van der Waals surface area contributed by atoms with Crippen molar-refractivity contribution in [3.05, 3.63) is 23.8 Å². The Morgan fingerprint density at radius 1 is 1.21 bits per heavy atom. The van der Waals surface area contributed by atoms with E-state index in [2.05, 4.69) is 31.3 Å². The highest BCUT2D eigenvalue weighted by atomic mass is 16.5. The maximum absolute atomic E-state index is 5.38. The zero-order valence-corrected chi connectivity index (χ0v) is 12.5. The van der Waals surface area contributed by atoms with Crippen molar-refractivity contribution in [2.75, 3.05) is 20.8 Å². The van der Waals surface area contributed by atoms with E-state index >= 15 is 0 Å². The first-order chi connectivity index (χ1) is 9.11. The summed E-state index contributed by atoms with van der Waals surface area (Å²) in [6.45, 7) is 5.66. The Kier molecular flexibility index (Phi) is 4.35. The molecule has 19 heavy (non-hydrogen) atoms. The van der Waals surface area contributed by atoms with Crippen molar-refractivity contribution in [1.82, 2.24) is 5.32 Å². The maximum Gasteiger partial charge on any atom is 0.161 e. The summed E-state index contributed by atoms with van der Waals surface area (Å²) >= 11 is 0. The zero-order valence-electron chi connectivity index (χ0n) is 12.5. The Morgan fingerprint density at radius 2 is 1.89 bits per heavy atom. The smallest absolute Gasteiger partial charge is 0.161 e. The summed E-state index contributed by atoms with van der Waals surface area (Å²) in [6, 6.07) is 6.57. The van der Waals surface area contributed by atoms with Crippen molar-refractivity contribution < 1.29 is 9.47 Å². The molecule has 0 saturated heterocycles. The lowest BCUT2D eigenvalue weighted by Gasteiger charge is -2.21. The Labute approximate surface area is 116 Å². The lowest BCUT2D eigenvalue weighted by molar-refractivity contribution is 0.353. The number of methoxy groups -OCH3 is 2. The molecule has 0 heterocycles. The Hall–Kier alpha value is -1.22. The summed E-state index contributed by atoms with van der Waals surface area (Å²) in [4.78, 5) is 0. The molecule has 0 radical (unpaired) electrons. The predicted octanol–water partition coefficient (Wildman–Crippen LogP) is 3.54. The topological polar surface area (TPSA) is 30.5 Å². The van der Waals surface area contributed by atoms with Crippen molar-refractivity contribution in [2.24, 2.45) is 5.41 Å². The summed E-state index contributed by atoms with van der Waals surface area (Å²) < 4.78 is 10.7. The van der Waals surface area contributed by atoms with E-state index in [0.29, 0.717) is 11.5 Å². The van der Waals surface area contributed by atoms with Crippen LogP contribution in [0.4, 0.5) is 0 Å². The molecule has 1 aliphatic rings. The van der Waals surface area contributed by atoms with Crippen molar-refractivity contribution in [1.29, 1.82) is 0 Å².